The highest BCUT2D eigenvalue weighted by molar-refractivity contribution is 5.33. The Morgan fingerprint density at radius 3 is 2.65 bits per heavy atom. The second kappa shape index (κ2) is 7.14. The summed E-state index contributed by atoms with van der Waals surface area (Å²) in [7, 11) is 1.60. The molecule has 1 aromatic rings. The summed E-state index contributed by atoms with van der Waals surface area (Å²) in [6, 6.07) is 7.13. The molecule has 4 heteroatoms. The molecule has 2 atom stereocenters. The standard InChI is InChI=1S/C13H21NO3/c1-3-5-12(14)13(9-15)17-11-7-4-6-10(8-11)16-2/h4,6-8,12-13,15H,3,5,9,14H2,1-2H3. The van der Waals surface area contributed by atoms with Gasteiger partial charge in [0.25, 0.3) is 0 Å². The number of aliphatic hydroxyl groups excluding tert-OH is 1. The van der Waals surface area contributed by atoms with E-state index in [2.05, 4.69) is 6.92 Å². The second-order valence-electron chi connectivity index (χ2n) is 3.97. The Balaban J connectivity index is 2.66. The molecular weight excluding hydrogens is 218 g/mol. The Labute approximate surface area is 102 Å². The minimum atomic E-state index is -0.373. The summed E-state index contributed by atoms with van der Waals surface area (Å²) < 4.78 is 10.8. The molecule has 2 unspecified atom stereocenters. The minimum absolute atomic E-state index is 0.0849. The van der Waals surface area contributed by atoms with Gasteiger partial charge in [-0.3, -0.25) is 0 Å². The highest BCUT2D eigenvalue weighted by atomic mass is 16.5. The molecule has 1 rings (SSSR count). The first-order chi connectivity index (χ1) is 8.21. The van der Waals surface area contributed by atoms with E-state index in [1.165, 1.54) is 0 Å². The third kappa shape index (κ3) is 4.24. The lowest BCUT2D eigenvalue weighted by Crippen LogP contribution is -2.41. The maximum atomic E-state index is 9.27. The van der Waals surface area contributed by atoms with Crippen LogP contribution >= 0.6 is 0 Å². The zero-order valence-electron chi connectivity index (χ0n) is 10.4. The molecule has 0 aliphatic rings. The van der Waals surface area contributed by atoms with Crippen LogP contribution in [0.2, 0.25) is 0 Å². The first kappa shape index (κ1) is 13.8. The number of rotatable bonds is 7. The Kier molecular flexibility index (Phi) is 5.80. The number of nitrogens with two attached hydrogens (primary N) is 1. The molecule has 1 aromatic carbocycles. The van der Waals surface area contributed by atoms with Gasteiger partial charge in [0.2, 0.25) is 0 Å². The largest absolute Gasteiger partial charge is 0.497 e. The lowest BCUT2D eigenvalue weighted by molar-refractivity contribution is 0.0914. The van der Waals surface area contributed by atoms with Crippen molar-refractivity contribution in [2.45, 2.75) is 31.9 Å². The minimum Gasteiger partial charge on any atom is -0.497 e. The van der Waals surface area contributed by atoms with E-state index >= 15 is 0 Å². The Morgan fingerprint density at radius 1 is 1.35 bits per heavy atom. The van der Waals surface area contributed by atoms with Crippen LogP contribution in [0.1, 0.15) is 19.8 Å². The van der Waals surface area contributed by atoms with Crippen molar-refractivity contribution in [1.29, 1.82) is 0 Å². The number of hydrogen-bond acceptors (Lipinski definition) is 4. The molecule has 0 radical (unpaired) electrons. The average Bonchev–Trinajstić information content (AvgIpc) is 2.36. The van der Waals surface area contributed by atoms with Crippen molar-refractivity contribution in [1.82, 2.24) is 0 Å². The third-order valence-corrected chi connectivity index (χ3v) is 2.61. The Morgan fingerprint density at radius 2 is 2.06 bits per heavy atom. The zero-order chi connectivity index (χ0) is 12.7. The van der Waals surface area contributed by atoms with Crippen LogP contribution in [0.15, 0.2) is 24.3 Å². The average molecular weight is 239 g/mol. The molecule has 0 saturated carbocycles. The van der Waals surface area contributed by atoms with Crippen LogP contribution in [0.5, 0.6) is 11.5 Å². The van der Waals surface area contributed by atoms with Gasteiger partial charge in [0.15, 0.2) is 0 Å². The summed E-state index contributed by atoms with van der Waals surface area (Å²) in [4.78, 5) is 0. The van der Waals surface area contributed by atoms with Gasteiger partial charge in [0.05, 0.1) is 13.7 Å². The van der Waals surface area contributed by atoms with Crippen LogP contribution in [0.4, 0.5) is 0 Å². The molecule has 0 fully saturated rings. The van der Waals surface area contributed by atoms with E-state index in [0.29, 0.717) is 5.75 Å². The summed E-state index contributed by atoms with van der Waals surface area (Å²) in [5.74, 6) is 1.39. The summed E-state index contributed by atoms with van der Waals surface area (Å²) in [6.07, 6.45) is 1.43. The normalized spacial score (nSPS) is 14.1. The molecular formula is C13H21NO3. The van der Waals surface area contributed by atoms with Crippen molar-refractivity contribution < 1.29 is 14.6 Å². The fraction of sp³-hybridized carbons (Fsp3) is 0.538. The van der Waals surface area contributed by atoms with Crippen molar-refractivity contribution in [2.24, 2.45) is 5.73 Å². The fourth-order valence-corrected chi connectivity index (χ4v) is 1.63. The van der Waals surface area contributed by atoms with Crippen molar-refractivity contribution in [3.8, 4) is 11.5 Å². The van der Waals surface area contributed by atoms with Crippen LogP contribution < -0.4 is 15.2 Å². The molecule has 0 aromatic heterocycles. The molecule has 96 valence electrons. The SMILES string of the molecule is CCCC(N)C(CO)Oc1cccc(OC)c1. The van der Waals surface area contributed by atoms with Crippen LogP contribution in [-0.2, 0) is 0 Å². The molecule has 3 N–H and O–H groups in total. The number of benzene rings is 1. The lowest BCUT2D eigenvalue weighted by Gasteiger charge is -2.23. The van der Waals surface area contributed by atoms with Gasteiger partial charge >= 0.3 is 0 Å². The first-order valence-electron chi connectivity index (χ1n) is 5.88. The molecule has 4 nitrogen and oxygen atoms in total. The molecule has 0 bridgehead atoms. The van der Waals surface area contributed by atoms with Gasteiger partial charge in [-0.2, -0.15) is 0 Å². The molecule has 0 saturated heterocycles. The van der Waals surface area contributed by atoms with Gasteiger partial charge in [0, 0.05) is 12.1 Å². The quantitative estimate of drug-likeness (QED) is 0.758. The maximum Gasteiger partial charge on any atom is 0.137 e. The number of aliphatic hydroxyl groups is 1. The van der Waals surface area contributed by atoms with Gasteiger partial charge in [-0.1, -0.05) is 19.4 Å². The lowest BCUT2D eigenvalue weighted by atomic mass is 10.1. The summed E-state index contributed by atoms with van der Waals surface area (Å²) in [5, 5.41) is 9.27. The van der Waals surface area contributed by atoms with Crippen molar-refractivity contribution in [3.63, 3.8) is 0 Å². The number of ether oxygens (including phenoxy) is 2. The zero-order valence-corrected chi connectivity index (χ0v) is 10.4. The van der Waals surface area contributed by atoms with Crippen LogP contribution in [0.3, 0.4) is 0 Å². The summed E-state index contributed by atoms with van der Waals surface area (Å²) in [5.41, 5.74) is 5.94. The topological polar surface area (TPSA) is 64.7 Å². The number of methoxy groups -OCH3 is 1. The van der Waals surface area contributed by atoms with E-state index < -0.39 is 0 Å². The number of hydrogen-bond donors (Lipinski definition) is 2. The molecule has 0 spiro atoms. The molecule has 0 aliphatic carbocycles. The predicted molar refractivity (Wildman–Crippen MR) is 67.4 cm³/mol. The van der Waals surface area contributed by atoms with E-state index in [4.69, 9.17) is 15.2 Å². The van der Waals surface area contributed by atoms with Gasteiger partial charge in [-0.15, -0.1) is 0 Å². The van der Waals surface area contributed by atoms with Gasteiger partial charge < -0.3 is 20.3 Å². The van der Waals surface area contributed by atoms with Gasteiger partial charge in [-0.25, -0.2) is 0 Å². The van der Waals surface area contributed by atoms with E-state index in [1.54, 1.807) is 13.2 Å². The van der Waals surface area contributed by atoms with E-state index in [0.717, 1.165) is 18.6 Å². The maximum absolute atomic E-state index is 9.27. The van der Waals surface area contributed by atoms with E-state index in [-0.39, 0.29) is 18.8 Å². The highest BCUT2D eigenvalue weighted by Crippen LogP contribution is 2.20. The molecule has 17 heavy (non-hydrogen) atoms. The second-order valence-corrected chi connectivity index (χ2v) is 3.97. The van der Waals surface area contributed by atoms with Crippen molar-refractivity contribution in [3.05, 3.63) is 24.3 Å². The Hall–Kier alpha value is -1.26. The van der Waals surface area contributed by atoms with Crippen LogP contribution in [0, 0.1) is 0 Å². The van der Waals surface area contributed by atoms with Crippen LogP contribution in [-0.4, -0.2) is 31.0 Å². The summed E-state index contributed by atoms with van der Waals surface area (Å²) in [6.45, 7) is 1.97. The smallest absolute Gasteiger partial charge is 0.137 e. The molecule has 0 amide bonds. The highest BCUT2D eigenvalue weighted by Gasteiger charge is 2.18. The first-order valence-corrected chi connectivity index (χ1v) is 5.88. The van der Waals surface area contributed by atoms with E-state index in [1.807, 2.05) is 18.2 Å². The molecule has 0 aliphatic heterocycles. The Bertz CT molecular complexity index is 330. The predicted octanol–water partition coefficient (Wildman–Crippen LogP) is 1.56. The van der Waals surface area contributed by atoms with Crippen molar-refractivity contribution in [2.75, 3.05) is 13.7 Å². The monoisotopic (exact) mass is 239 g/mol. The molecule has 0 heterocycles. The third-order valence-electron chi connectivity index (χ3n) is 2.61. The fourth-order valence-electron chi connectivity index (χ4n) is 1.63. The van der Waals surface area contributed by atoms with Gasteiger partial charge in [0.1, 0.15) is 17.6 Å². The van der Waals surface area contributed by atoms with Crippen LogP contribution in [0.25, 0.3) is 0 Å². The van der Waals surface area contributed by atoms with Gasteiger partial charge in [-0.05, 0) is 18.6 Å². The van der Waals surface area contributed by atoms with E-state index in [9.17, 15) is 5.11 Å². The van der Waals surface area contributed by atoms with Crippen molar-refractivity contribution >= 4 is 0 Å². The summed E-state index contributed by atoms with van der Waals surface area (Å²) >= 11 is 0.